The fourth-order valence-electron chi connectivity index (χ4n) is 2.21. The molecule has 2 aromatic heterocycles. The Kier molecular flexibility index (Phi) is 4.43. The molecule has 6 heteroatoms. The molecule has 118 valence electrons. The highest BCUT2D eigenvalue weighted by molar-refractivity contribution is 7.15. The lowest BCUT2D eigenvalue weighted by molar-refractivity contribution is 0.102. The molecular formula is C17H17N3O2S. The van der Waals surface area contributed by atoms with Gasteiger partial charge in [0.1, 0.15) is 5.75 Å². The molecule has 0 aliphatic heterocycles. The van der Waals surface area contributed by atoms with Crippen molar-refractivity contribution in [1.82, 2.24) is 10.2 Å². The first-order valence-electron chi connectivity index (χ1n) is 7.32. The van der Waals surface area contributed by atoms with Crippen LogP contribution in [0.1, 0.15) is 22.2 Å². The highest BCUT2D eigenvalue weighted by atomic mass is 32.1. The first kappa shape index (κ1) is 15.3. The molecule has 0 fully saturated rings. The second-order valence-electron chi connectivity index (χ2n) is 4.96. The molecule has 0 saturated heterocycles. The number of rotatable bonds is 5. The molecule has 0 atom stereocenters. The zero-order chi connectivity index (χ0) is 16.2. The molecule has 0 aliphatic carbocycles. The molecule has 0 radical (unpaired) electrons. The van der Waals surface area contributed by atoms with Crippen LogP contribution in [0.5, 0.6) is 5.75 Å². The fourth-order valence-corrected chi connectivity index (χ4v) is 3.04. The molecule has 2 N–H and O–H groups in total. The van der Waals surface area contributed by atoms with Crippen molar-refractivity contribution in [3.63, 3.8) is 0 Å². The number of H-pyrrole nitrogens is 1. The van der Waals surface area contributed by atoms with Gasteiger partial charge in [0.25, 0.3) is 5.91 Å². The molecule has 0 aliphatic rings. The predicted molar refractivity (Wildman–Crippen MR) is 92.2 cm³/mol. The summed E-state index contributed by atoms with van der Waals surface area (Å²) in [6.45, 7) is 4.45. The Labute approximate surface area is 138 Å². The second-order valence-corrected chi connectivity index (χ2v) is 6.25. The molecule has 0 saturated carbocycles. The standard InChI is InChI=1S/C17H17N3O2S/c1-3-22-14-7-5-4-6-12(14)17(21)18-16-10-13(19-20-16)15-9-8-11(2)23-15/h4-10H,3H2,1-2H3,(H2,18,19,20,21). The Morgan fingerprint density at radius 2 is 2.13 bits per heavy atom. The maximum atomic E-state index is 12.4. The molecule has 1 amide bonds. The number of carbonyl (C=O) groups excluding carboxylic acids is 1. The maximum absolute atomic E-state index is 12.4. The van der Waals surface area contributed by atoms with Crippen molar-refractivity contribution in [3.8, 4) is 16.3 Å². The largest absolute Gasteiger partial charge is 0.493 e. The molecule has 3 aromatic rings. The van der Waals surface area contributed by atoms with Crippen molar-refractivity contribution < 1.29 is 9.53 Å². The average molecular weight is 327 g/mol. The van der Waals surface area contributed by atoms with Crippen LogP contribution in [0.25, 0.3) is 10.6 Å². The Bertz CT molecular complexity index is 823. The molecule has 0 spiro atoms. The normalized spacial score (nSPS) is 10.5. The molecule has 3 rings (SSSR count). The minimum Gasteiger partial charge on any atom is -0.493 e. The fraction of sp³-hybridized carbons (Fsp3) is 0.176. The number of nitrogens with one attached hydrogen (secondary N) is 2. The first-order valence-corrected chi connectivity index (χ1v) is 8.14. The van der Waals surface area contributed by atoms with Crippen molar-refractivity contribution in [2.24, 2.45) is 0 Å². The van der Waals surface area contributed by atoms with Gasteiger partial charge in [-0.2, -0.15) is 5.10 Å². The lowest BCUT2D eigenvalue weighted by atomic mass is 10.2. The van der Waals surface area contributed by atoms with Crippen molar-refractivity contribution in [1.29, 1.82) is 0 Å². The Morgan fingerprint density at radius 3 is 2.87 bits per heavy atom. The summed E-state index contributed by atoms with van der Waals surface area (Å²) in [5, 5.41) is 9.90. The Hall–Kier alpha value is -2.60. The van der Waals surface area contributed by atoms with Gasteiger partial charge in [-0.3, -0.25) is 9.89 Å². The molecule has 5 nitrogen and oxygen atoms in total. The highest BCUT2D eigenvalue weighted by Crippen LogP contribution is 2.27. The average Bonchev–Trinajstić information content (AvgIpc) is 3.17. The summed E-state index contributed by atoms with van der Waals surface area (Å²) in [6, 6.07) is 13.1. The number of ether oxygens (including phenoxy) is 1. The van der Waals surface area contributed by atoms with E-state index in [0.29, 0.717) is 23.7 Å². The number of carbonyl (C=O) groups is 1. The van der Waals surface area contributed by atoms with Gasteiger partial charge in [-0.1, -0.05) is 12.1 Å². The van der Waals surface area contributed by atoms with E-state index in [-0.39, 0.29) is 5.91 Å². The van der Waals surface area contributed by atoms with Crippen molar-refractivity contribution in [3.05, 3.63) is 52.9 Å². The van der Waals surface area contributed by atoms with Crippen LogP contribution in [-0.4, -0.2) is 22.7 Å². The van der Waals surface area contributed by atoms with Crippen LogP contribution in [-0.2, 0) is 0 Å². The zero-order valence-electron chi connectivity index (χ0n) is 12.9. The van der Waals surface area contributed by atoms with Crippen LogP contribution in [0.2, 0.25) is 0 Å². The van der Waals surface area contributed by atoms with E-state index >= 15 is 0 Å². The summed E-state index contributed by atoms with van der Waals surface area (Å²) in [7, 11) is 0. The maximum Gasteiger partial charge on any atom is 0.260 e. The first-order chi connectivity index (χ1) is 11.2. The van der Waals surface area contributed by atoms with E-state index in [1.165, 1.54) is 4.88 Å². The minimum absolute atomic E-state index is 0.241. The van der Waals surface area contributed by atoms with Crippen LogP contribution in [0.15, 0.2) is 42.5 Å². The quantitative estimate of drug-likeness (QED) is 0.741. The number of para-hydroxylation sites is 1. The third-order valence-corrected chi connectivity index (χ3v) is 4.29. The minimum atomic E-state index is -0.241. The lowest BCUT2D eigenvalue weighted by Gasteiger charge is -2.08. The molecular weight excluding hydrogens is 310 g/mol. The van der Waals surface area contributed by atoms with Crippen LogP contribution in [0.4, 0.5) is 5.82 Å². The van der Waals surface area contributed by atoms with E-state index < -0.39 is 0 Å². The Morgan fingerprint density at radius 1 is 1.30 bits per heavy atom. The number of nitrogens with zero attached hydrogens (tertiary/aromatic N) is 1. The number of amides is 1. The van der Waals surface area contributed by atoms with Crippen molar-refractivity contribution >= 4 is 23.1 Å². The van der Waals surface area contributed by atoms with Crippen molar-refractivity contribution in [2.75, 3.05) is 11.9 Å². The van der Waals surface area contributed by atoms with Gasteiger partial charge in [0.15, 0.2) is 5.82 Å². The van der Waals surface area contributed by atoms with Crippen molar-refractivity contribution in [2.45, 2.75) is 13.8 Å². The second kappa shape index (κ2) is 6.66. The van der Waals surface area contributed by atoms with Gasteiger partial charge in [0.05, 0.1) is 22.7 Å². The van der Waals surface area contributed by atoms with Crippen LogP contribution < -0.4 is 10.1 Å². The number of hydrogen-bond donors (Lipinski definition) is 2. The van der Waals surface area contributed by atoms with E-state index in [1.54, 1.807) is 23.5 Å². The zero-order valence-corrected chi connectivity index (χ0v) is 13.7. The van der Waals surface area contributed by atoms with Gasteiger partial charge in [0, 0.05) is 10.9 Å². The van der Waals surface area contributed by atoms with Gasteiger partial charge in [-0.15, -0.1) is 11.3 Å². The van der Waals surface area contributed by atoms with E-state index in [2.05, 4.69) is 28.5 Å². The van der Waals surface area contributed by atoms with Gasteiger partial charge in [0.2, 0.25) is 0 Å². The topological polar surface area (TPSA) is 67.0 Å². The smallest absolute Gasteiger partial charge is 0.260 e. The number of benzene rings is 1. The summed E-state index contributed by atoms with van der Waals surface area (Å²) in [4.78, 5) is 14.7. The number of aromatic amines is 1. The molecule has 0 unspecified atom stereocenters. The number of hydrogen-bond acceptors (Lipinski definition) is 4. The van der Waals surface area contributed by atoms with E-state index in [1.807, 2.05) is 31.2 Å². The number of thiophene rings is 1. The highest BCUT2D eigenvalue weighted by Gasteiger charge is 2.14. The molecule has 1 aromatic carbocycles. The lowest BCUT2D eigenvalue weighted by Crippen LogP contribution is -2.13. The summed E-state index contributed by atoms with van der Waals surface area (Å²) in [6.07, 6.45) is 0. The van der Waals surface area contributed by atoms with Gasteiger partial charge >= 0.3 is 0 Å². The van der Waals surface area contributed by atoms with E-state index in [4.69, 9.17) is 4.74 Å². The number of anilines is 1. The summed E-state index contributed by atoms with van der Waals surface area (Å²) in [5.74, 6) is 0.814. The van der Waals surface area contributed by atoms with Crippen LogP contribution >= 0.6 is 11.3 Å². The summed E-state index contributed by atoms with van der Waals surface area (Å²) in [5.41, 5.74) is 1.38. The monoisotopic (exact) mass is 327 g/mol. The predicted octanol–water partition coefficient (Wildman–Crippen LogP) is 4.10. The number of aryl methyl sites for hydroxylation is 1. The van der Waals surface area contributed by atoms with Gasteiger partial charge < -0.3 is 10.1 Å². The third-order valence-electron chi connectivity index (χ3n) is 3.26. The van der Waals surface area contributed by atoms with Crippen LogP contribution in [0, 0.1) is 6.92 Å². The number of aromatic nitrogens is 2. The molecule has 23 heavy (non-hydrogen) atoms. The van der Waals surface area contributed by atoms with Gasteiger partial charge in [-0.25, -0.2) is 0 Å². The summed E-state index contributed by atoms with van der Waals surface area (Å²) >= 11 is 1.67. The van der Waals surface area contributed by atoms with E-state index in [0.717, 1.165) is 10.6 Å². The van der Waals surface area contributed by atoms with Gasteiger partial charge in [-0.05, 0) is 38.1 Å². The molecule has 2 heterocycles. The Balaban J connectivity index is 1.77. The SMILES string of the molecule is CCOc1ccccc1C(=O)Nc1cc(-c2ccc(C)s2)[nH]n1. The third kappa shape index (κ3) is 3.43. The van der Waals surface area contributed by atoms with E-state index in [9.17, 15) is 4.79 Å². The molecule has 0 bridgehead atoms. The summed E-state index contributed by atoms with van der Waals surface area (Å²) < 4.78 is 5.49. The van der Waals surface area contributed by atoms with Crippen LogP contribution in [0.3, 0.4) is 0 Å².